The van der Waals surface area contributed by atoms with Crippen molar-refractivity contribution in [3.8, 4) is 5.75 Å². The molecular formula is C13H16BrNO3. The molecule has 98 valence electrons. The number of methoxy groups -OCH3 is 2. The van der Waals surface area contributed by atoms with Gasteiger partial charge in [0, 0.05) is 12.2 Å². The second-order valence-electron chi connectivity index (χ2n) is 4.47. The summed E-state index contributed by atoms with van der Waals surface area (Å²) in [5.41, 5.74) is 0.638. The maximum absolute atomic E-state index is 11.6. The molecule has 0 aromatic heterocycles. The molecule has 2 rings (SSSR count). The zero-order valence-corrected chi connectivity index (χ0v) is 12.0. The summed E-state index contributed by atoms with van der Waals surface area (Å²) in [5, 5.41) is 3.27. The van der Waals surface area contributed by atoms with Gasteiger partial charge in [-0.25, -0.2) is 0 Å². The topological polar surface area (TPSA) is 47.6 Å². The molecule has 1 saturated carbocycles. The van der Waals surface area contributed by atoms with E-state index < -0.39 is 0 Å². The van der Waals surface area contributed by atoms with Gasteiger partial charge in [-0.1, -0.05) is 0 Å². The molecule has 1 aromatic rings. The number of rotatable bonds is 5. The van der Waals surface area contributed by atoms with E-state index in [4.69, 9.17) is 9.47 Å². The molecule has 0 aliphatic heterocycles. The molecule has 0 bridgehead atoms. The molecule has 1 aliphatic rings. The number of hydrogen-bond donors (Lipinski definition) is 1. The second-order valence-corrected chi connectivity index (χ2v) is 5.33. The first-order chi connectivity index (χ1) is 8.61. The van der Waals surface area contributed by atoms with Gasteiger partial charge >= 0.3 is 5.97 Å². The predicted molar refractivity (Wildman–Crippen MR) is 72.9 cm³/mol. The van der Waals surface area contributed by atoms with E-state index in [0.717, 1.165) is 28.8 Å². The lowest BCUT2D eigenvalue weighted by Crippen LogP contribution is -2.25. The summed E-state index contributed by atoms with van der Waals surface area (Å²) >= 11 is 3.43. The maximum Gasteiger partial charge on any atom is 0.313 e. The number of anilines is 1. The number of hydrogen-bond acceptors (Lipinski definition) is 4. The smallest absolute Gasteiger partial charge is 0.313 e. The lowest BCUT2D eigenvalue weighted by molar-refractivity contribution is -0.146. The van der Waals surface area contributed by atoms with Crippen molar-refractivity contribution < 1.29 is 14.3 Å². The van der Waals surface area contributed by atoms with Crippen molar-refractivity contribution in [3.63, 3.8) is 0 Å². The fourth-order valence-electron chi connectivity index (χ4n) is 1.87. The van der Waals surface area contributed by atoms with Crippen LogP contribution in [0.2, 0.25) is 0 Å². The highest BCUT2D eigenvalue weighted by Crippen LogP contribution is 2.46. The summed E-state index contributed by atoms with van der Waals surface area (Å²) in [7, 11) is 3.07. The van der Waals surface area contributed by atoms with Crippen LogP contribution in [0.4, 0.5) is 5.69 Å². The SMILES string of the molecule is COC(=O)C1(CNc2ccc(OC)c(Br)c2)CC1. The van der Waals surface area contributed by atoms with Gasteiger partial charge in [0.15, 0.2) is 0 Å². The molecule has 1 aromatic carbocycles. The van der Waals surface area contributed by atoms with Crippen LogP contribution in [0.1, 0.15) is 12.8 Å². The quantitative estimate of drug-likeness (QED) is 0.849. The second kappa shape index (κ2) is 5.18. The Bertz CT molecular complexity index is 458. The molecule has 1 aliphatic carbocycles. The molecule has 0 amide bonds. The van der Waals surface area contributed by atoms with Gasteiger partial charge in [0.25, 0.3) is 0 Å². The van der Waals surface area contributed by atoms with Gasteiger partial charge < -0.3 is 14.8 Å². The maximum atomic E-state index is 11.6. The van der Waals surface area contributed by atoms with E-state index in [2.05, 4.69) is 21.2 Å². The highest BCUT2D eigenvalue weighted by atomic mass is 79.9. The van der Waals surface area contributed by atoms with Gasteiger partial charge in [-0.3, -0.25) is 4.79 Å². The number of ether oxygens (including phenoxy) is 2. The Morgan fingerprint density at radius 1 is 1.44 bits per heavy atom. The summed E-state index contributed by atoms with van der Waals surface area (Å²) < 4.78 is 10.9. The van der Waals surface area contributed by atoms with Gasteiger partial charge in [0.1, 0.15) is 5.75 Å². The Labute approximate surface area is 115 Å². The van der Waals surface area contributed by atoms with E-state index in [0.29, 0.717) is 6.54 Å². The first kappa shape index (κ1) is 13.2. The summed E-state index contributed by atoms with van der Waals surface area (Å²) in [4.78, 5) is 11.6. The van der Waals surface area contributed by atoms with E-state index in [1.807, 2.05) is 18.2 Å². The third-order valence-electron chi connectivity index (χ3n) is 3.25. The highest BCUT2D eigenvalue weighted by molar-refractivity contribution is 9.10. The van der Waals surface area contributed by atoms with Crippen molar-refractivity contribution >= 4 is 27.6 Å². The van der Waals surface area contributed by atoms with Crippen LogP contribution >= 0.6 is 15.9 Å². The largest absolute Gasteiger partial charge is 0.496 e. The van der Waals surface area contributed by atoms with E-state index in [9.17, 15) is 4.79 Å². The number of carbonyl (C=O) groups excluding carboxylic acids is 1. The monoisotopic (exact) mass is 313 g/mol. The van der Waals surface area contributed by atoms with Crippen LogP contribution in [-0.4, -0.2) is 26.7 Å². The Balaban J connectivity index is 1.99. The van der Waals surface area contributed by atoms with Crippen molar-refractivity contribution in [3.05, 3.63) is 22.7 Å². The van der Waals surface area contributed by atoms with Gasteiger partial charge in [-0.05, 0) is 47.0 Å². The van der Waals surface area contributed by atoms with Crippen LogP contribution in [0.25, 0.3) is 0 Å². The van der Waals surface area contributed by atoms with Gasteiger partial charge in [0.2, 0.25) is 0 Å². The Morgan fingerprint density at radius 2 is 2.17 bits per heavy atom. The van der Waals surface area contributed by atoms with Crippen molar-refractivity contribution in [2.24, 2.45) is 5.41 Å². The van der Waals surface area contributed by atoms with Crippen molar-refractivity contribution in [1.82, 2.24) is 0 Å². The van der Waals surface area contributed by atoms with Gasteiger partial charge in [-0.2, -0.15) is 0 Å². The third kappa shape index (κ3) is 2.61. The van der Waals surface area contributed by atoms with E-state index >= 15 is 0 Å². The fraction of sp³-hybridized carbons (Fsp3) is 0.462. The standard InChI is InChI=1S/C13H16BrNO3/c1-17-11-4-3-9(7-10(11)14)15-8-13(5-6-13)12(16)18-2/h3-4,7,15H,5-6,8H2,1-2H3. The summed E-state index contributed by atoms with van der Waals surface area (Å²) in [6.45, 7) is 0.610. The Kier molecular flexibility index (Phi) is 3.80. The Morgan fingerprint density at radius 3 is 2.67 bits per heavy atom. The normalized spacial score (nSPS) is 15.9. The number of esters is 1. The first-order valence-electron chi connectivity index (χ1n) is 5.77. The van der Waals surface area contributed by atoms with Gasteiger partial charge in [0.05, 0.1) is 24.1 Å². The number of benzene rings is 1. The third-order valence-corrected chi connectivity index (χ3v) is 3.87. The van der Waals surface area contributed by atoms with E-state index in [1.165, 1.54) is 7.11 Å². The molecule has 1 fully saturated rings. The average Bonchev–Trinajstić information content (AvgIpc) is 3.17. The van der Waals surface area contributed by atoms with Crippen LogP contribution in [0.3, 0.4) is 0 Å². The van der Waals surface area contributed by atoms with E-state index in [1.54, 1.807) is 7.11 Å². The molecule has 0 saturated heterocycles. The zero-order chi connectivity index (χ0) is 13.2. The molecule has 0 spiro atoms. The summed E-state index contributed by atoms with van der Waals surface area (Å²) in [5.74, 6) is 0.664. The molecule has 0 radical (unpaired) electrons. The lowest BCUT2D eigenvalue weighted by atomic mass is 10.1. The minimum Gasteiger partial charge on any atom is -0.496 e. The lowest BCUT2D eigenvalue weighted by Gasteiger charge is -2.15. The van der Waals surface area contributed by atoms with Crippen LogP contribution < -0.4 is 10.1 Å². The molecule has 18 heavy (non-hydrogen) atoms. The average molecular weight is 314 g/mol. The molecule has 0 atom stereocenters. The minimum atomic E-state index is -0.318. The van der Waals surface area contributed by atoms with Crippen LogP contribution in [0, 0.1) is 5.41 Å². The first-order valence-corrected chi connectivity index (χ1v) is 6.56. The molecule has 0 unspecified atom stereocenters. The van der Waals surface area contributed by atoms with Crippen LogP contribution in [-0.2, 0) is 9.53 Å². The molecule has 1 N–H and O–H groups in total. The van der Waals surface area contributed by atoms with Crippen molar-refractivity contribution in [2.75, 3.05) is 26.1 Å². The van der Waals surface area contributed by atoms with Crippen molar-refractivity contribution in [2.45, 2.75) is 12.8 Å². The van der Waals surface area contributed by atoms with Gasteiger partial charge in [-0.15, -0.1) is 0 Å². The predicted octanol–water partition coefficient (Wildman–Crippen LogP) is 2.82. The summed E-state index contributed by atoms with van der Waals surface area (Å²) in [6, 6.07) is 5.74. The zero-order valence-electron chi connectivity index (χ0n) is 10.5. The van der Waals surface area contributed by atoms with E-state index in [-0.39, 0.29) is 11.4 Å². The molecule has 5 heteroatoms. The molecule has 0 heterocycles. The van der Waals surface area contributed by atoms with Crippen molar-refractivity contribution in [1.29, 1.82) is 0 Å². The number of carbonyl (C=O) groups is 1. The number of halogens is 1. The Hall–Kier alpha value is -1.23. The van der Waals surface area contributed by atoms with Crippen LogP contribution in [0.15, 0.2) is 22.7 Å². The number of nitrogens with one attached hydrogen (secondary N) is 1. The molecule has 4 nitrogen and oxygen atoms in total. The summed E-state index contributed by atoms with van der Waals surface area (Å²) in [6.07, 6.45) is 1.79. The highest BCUT2D eigenvalue weighted by Gasteiger charge is 2.50. The van der Waals surface area contributed by atoms with Crippen LogP contribution in [0.5, 0.6) is 5.75 Å². The minimum absolute atomic E-state index is 0.123. The molecular weight excluding hydrogens is 298 g/mol. The fourth-order valence-corrected chi connectivity index (χ4v) is 2.41.